The number of benzene rings is 2. The van der Waals surface area contributed by atoms with Gasteiger partial charge >= 0.3 is 0 Å². The van der Waals surface area contributed by atoms with Gasteiger partial charge in [-0.2, -0.15) is 0 Å². The van der Waals surface area contributed by atoms with Crippen molar-refractivity contribution in [3.8, 4) is 5.75 Å². The van der Waals surface area contributed by atoms with E-state index in [9.17, 15) is 9.59 Å². The number of ether oxygens (including phenoxy) is 2. The van der Waals surface area contributed by atoms with Crippen molar-refractivity contribution in [1.82, 2.24) is 4.90 Å². The Labute approximate surface area is 170 Å². The van der Waals surface area contributed by atoms with E-state index in [-0.39, 0.29) is 24.5 Å². The van der Waals surface area contributed by atoms with Crippen LogP contribution in [0, 0.1) is 0 Å². The number of imide groups is 1. The smallest absolute Gasteiger partial charge is 0.278 e. The van der Waals surface area contributed by atoms with Crippen LogP contribution in [0.2, 0.25) is 0 Å². The molecule has 2 aliphatic heterocycles. The lowest BCUT2D eigenvalue weighted by atomic mass is 10.0. The number of para-hydroxylation sites is 1. The van der Waals surface area contributed by atoms with Gasteiger partial charge in [0, 0.05) is 19.3 Å². The normalized spacial score (nSPS) is 19.2. The first-order valence-corrected chi connectivity index (χ1v) is 9.75. The van der Waals surface area contributed by atoms with Crippen molar-refractivity contribution in [2.24, 2.45) is 0 Å². The molecule has 29 heavy (non-hydrogen) atoms. The summed E-state index contributed by atoms with van der Waals surface area (Å²) in [7, 11) is 3.41. The van der Waals surface area contributed by atoms with Crippen molar-refractivity contribution in [2.75, 3.05) is 32.2 Å². The summed E-state index contributed by atoms with van der Waals surface area (Å²) in [6.07, 6.45) is 1.72. The van der Waals surface area contributed by atoms with Crippen LogP contribution >= 0.6 is 0 Å². The van der Waals surface area contributed by atoms with Crippen molar-refractivity contribution in [3.05, 3.63) is 65.9 Å². The zero-order valence-corrected chi connectivity index (χ0v) is 16.6. The molecule has 0 aliphatic carbocycles. The summed E-state index contributed by atoms with van der Waals surface area (Å²) in [5, 5.41) is 0. The number of anilines is 1. The first-order valence-electron chi connectivity index (χ1n) is 9.75. The molecule has 150 valence electrons. The standard InChI is InChI=1S/C23H24N2O4/c1-24(17-7-4-3-5-8-17)21-20(16-10-12-18(28-2)13-11-16)22(26)25(23(21)27)15-19-9-6-14-29-19/h3-5,7-8,10-13,19H,6,9,14-15H2,1-2H3. The van der Waals surface area contributed by atoms with E-state index < -0.39 is 0 Å². The molecule has 0 aromatic heterocycles. The van der Waals surface area contributed by atoms with Gasteiger partial charge in [-0.15, -0.1) is 0 Å². The molecular weight excluding hydrogens is 368 g/mol. The fraction of sp³-hybridized carbons (Fsp3) is 0.304. The third-order valence-electron chi connectivity index (χ3n) is 5.41. The summed E-state index contributed by atoms with van der Waals surface area (Å²) in [6, 6.07) is 16.8. The molecule has 2 amide bonds. The Bertz CT molecular complexity index is 931. The molecule has 1 saturated heterocycles. The van der Waals surface area contributed by atoms with Crippen LogP contribution in [0.1, 0.15) is 18.4 Å². The van der Waals surface area contributed by atoms with E-state index in [4.69, 9.17) is 9.47 Å². The van der Waals surface area contributed by atoms with E-state index in [1.807, 2.05) is 49.5 Å². The Kier molecular flexibility index (Phi) is 5.36. The summed E-state index contributed by atoms with van der Waals surface area (Å²) in [5.41, 5.74) is 2.32. The third-order valence-corrected chi connectivity index (χ3v) is 5.41. The number of carbonyl (C=O) groups is 2. The topological polar surface area (TPSA) is 59.1 Å². The third kappa shape index (κ3) is 3.63. The molecule has 0 saturated carbocycles. The van der Waals surface area contributed by atoms with Gasteiger partial charge < -0.3 is 14.4 Å². The van der Waals surface area contributed by atoms with Crippen LogP contribution in [0.3, 0.4) is 0 Å². The largest absolute Gasteiger partial charge is 0.497 e. The lowest BCUT2D eigenvalue weighted by Crippen LogP contribution is -2.39. The number of methoxy groups -OCH3 is 1. The molecule has 0 bridgehead atoms. The number of hydrogen-bond acceptors (Lipinski definition) is 5. The van der Waals surface area contributed by atoms with E-state index in [0.29, 0.717) is 29.2 Å². The van der Waals surface area contributed by atoms with E-state index in [1.54, 1.807) is 24.1 Å². The fourth-order valence-electron chi connectivity index (χ4n) is 3.83. The number of amides is 2. The van der Waals surface area contributed by atoms with Crippen LogP contribution in [0.4, 0.5) is 5.69 Å². The highest BCUT2D eigenvalue weighted by Gasteiger charge is 2.42. The van der Waals surface area contributed by atoms with Crippen molar-refractivity contribution < 1.29 is 19.1 Å². The van der Waals surface area contributed by atoms with Crippen LogP contribution in [-0.2, 0) is 14.3 Å². The highest BCUT2D eigenvalue weighted by molar-refractivity contribution is 6.36. The number of likely N-dealkylation sites (N-methyl/N-ethyl adjacent to an activating group) is 1. The molecule has 2 aromatic carbocycles. The molecule has 6 heteroatoms. The molecule has 2 aliphatic rings. The summed E-state index contributed by atoms with van der Waals surface area (Å²) in [6.45, 7) is 0.958. The maximum atomic E-state index is 13.4. The summed E-state index contributed by atoms with van der Waals surface area (Å²) in [5.74, 6) is 0.122. The molecule has 0 spiro atoms. The molecule has 2 heterocycles. The maximum absolute atomic E-state index is 13.4. The Morgan fingerprint density at radius 3 is 2.41 bits per heavy atom. The first-order chi connectivity index (χ1) is 14.1. The van der Waals surface area contributed by atoms with Gasteiger partial charge in [0.1, 0.15) is 11.4 Å². The van der Waals surface area contributed by atoms with Crippen molar-refractivity contribution in [3.63, 3.8) is 0 Å². The van der Waals surface area contributed by atoms with E-state index >= 15 is 0 Å². The van der Waals surface area contributed by atoms with Gasteiger partial charge in [0.15, 0.2) is 0 Å². The Morgan fingerprint density at radius 2 is 1.79 bits per heavy atom. The average Bonchev–Trinajstić information content (AvgIpc) is 3.36. The van der Waals surface area contributed by atoms with Gasteiger partial charge in [-0.3, -0.25) is 14.5 Å². The molecule has 4 rings (SSSR count). The van der Waals surface area contributed by atoms with Crippen molar-refractivity contribution in [2.45, 2.75) is 18.9 Å². The molecular formula is C23H24N2O4. The lowest BCUT2D eigenvalue weighted by Gasteiger charge is -2.22. The molecule has 6 nitrogen and oxygen atoms in total. The van der Waals surface area contributed by atoms with Crippen molar-refractivity contribution >= 4 is 23.1 Å². The van der Waals surface area contributed by atoms with E-state index in [0.717, 1.165) is 18.5 Å². The molecule has 0 N–H and O–H groups in total. The predicted molar refractivity (Wildman–Crippen MR) is 110 cm³/mol. The highest BCUT2D eigenvalue weighted by Crippen LogP contribution is 2.34. The monoisotopic (exact) mass is 392 g/mol. The van der Waals surface area contributed by atoms with Gasteiger partial charge in [-0.05, 0) is 42.7 Å². The SMILES string of the molecule is COc1ccc(C2=C(N(C)c3ccccc3)C(=O)N(CC3CCCO3)C2=O)cc1. The van der Waals surface area contributed by atoms with Crippen LogP contribution in [0.5, 0.6) is 5.75 Å². The van der Waals surface area contributed by atoms with Gasteiger partial charge in [0.2, 0.25) is 0 Å². The molecule has 2 aromatic rings. The van der Waals surface area contributed by atoms with Crippen LogP contribution in [0.15, 0.2) is 60.3 Å². The molecule has 0 radical (unpaired) electrons. The second-order valence-electron chi connectivity index (χ2n) is 7.20. The molecule has 1 atom stereocenters. The molecule has 1 fully saturated rings. The maximum Gasteiger partial charge on any atom is 0.278 e. The van der Waals surface area contributed by atoms with Gasteiger partial charge in [0.25, 0.3) is 11.8 Å². The van der Waals surface area contributed by atoms with Crippen LogP contribution < -0.4 is 9.64 Å². The van der Waals surface area contributed by atoms with Crippen molar-refractivity contribution in [1.29, 1.82) is 0 Å². The second kappa shape index (κ2) is 8.09. The minimum Gasteiger partial charge on any atom is -0.497 e. The highest BCUT2D eigenvalue weighted by atomic mass is 16.5. The quantitative estimate of drug-likeness (QED) is 0.707. The summed E-state index contributed by atoms with van der Waals surface area (Å²) in [4.78, 5) is 29.8. The van der Waals surface area contributed by atoms with Crippen LogP contribution in [-0.4, -0.2) is 50.1 Å². The zero-order chi connectivity index (χ0) is 20.4. The zero-order valence-electron chi connectivity index (χ0n) is 16.6. The number of nitrogens with zero attached hydrogens (tertiary/aromatic N) is 2. The van der Waals surface area contributed by atoms with E-state index in [1.165, 1.54) is 4.90 Å². The Morgan fingerprint density at radius 1 is 1.07 bits per heavy atom. The van der Waals surface area contributed by atoms with Crippen LogP contribution in [0.25, 0.3) is 5.57 Å². The Balaban J connectivity index is 1.75. The number of hydrogen-bond donors (Lipinski definition) is 0. The lowest BCUT2D eigenvalue weighted by molar-refractivity contribution is -0.138. The van der Waals surface area contributed by atoms with Gasteiger partial charge in [-0.1, -0.05) is 30.3 Å². The van der Waals surface area contributed by atoms with E-state index in [2.05, 4.69) is 0 Å². The Hall–Kier alpha value is -3.12. The second-order valence-corrected chi connectivity index (χ2v) is 7.20. The minimum absolute atomic E-state index is 0.0959. The van der Waals surface area contributed by atoms with Gasteiger partial charge in [0.05, 0.1) is 25.3 Å². The average molecular weight is 392 g/mol. The van der Waals surface area contributed by atoms with Gasteiger partial charge in [-0.25, -0.2) is 0 Å². The predicted octanol–water partition coefficient (Wildman–Crippen LogP) is 3.09. The molecule has 1 unspecified atom stereocenters. The fourth-order valence-corrected chi connectivity index (χ4v) is 3.83. The first kappa shape index (κ1) is 19.2. The minimum atomic E-state index is -0.289. The summed E-state index contributed by atoms with van der Waals surface area (Å²) < 4.78 is 10.9. The number of carbonyl (C=O) groups excluding carboxylic acids is 2. The summed E-state index contributed by atoms with van der Waals surface area (Å²) >= 11 is 0. The number of rotatable bonds is 6.